The summed E-state index contributed by atoms with van der Waals surface area (Å²) in [4.78, 5) is 0. The van der Waals surface area contributed by atoms with Gasteiger partial charge in [0.25, 0.3) is 0 Å². The van der Waals surface area contributed by atoms with Gasteiger partial charge >= 0.3 is 0 Å². The Morgan fingerprint density at radius 2 is 0.946 bits per heavy atom. The molecule has 0 aromatic carbocycles. The van der Waals surface area contributed by atoms with Crippen LogP contribution in [0.5, 0.6) is 0 Å². The molecule has 0 amide bonds. The molecule has 212 valence electrons. The van der Waals surface area contributed by atoms with Gasteiger partial charge in [-0.2, -0.15) is 0 Å². The zero-order valence-corrected chi connectivity index (χ0v) is 25.2. The van der Waals surface area contributed by atoms with Crippen molar-refractivity contribution in [2.24, 2.45) is 71.0 Å². The maximum atomic E-state index is 2.65. The Labute approximate surface area is 232 Å². The van der Waals surface area contributed by atoms with Crippen molar-refractivity contribution in [3.63, 3.8) is 0 Å². The molecule has 6 aliphatic rings. The highest BCUT2D eigenvalue weighted by Gasteiger charge is 2.47. The summed E-state index contributed by atoms with van der Waals surface area (Å²) in [6, 6.07) is 0. The molecule has 0 heterocycles. The van der Waals surface area contributed by atoms with Gasteiger partial charge in [-0.05, 0) is 142 Å². The van der Waals surface area contributed by atoms with Crippen LogP contribution >= 0.6 is 0 Å². The second-order valence-corrected chi connectivity index (χ2v) is 16.1. The van der Waals surface area contributed by atoms with Gasteiger partial charge in [-0.1, -0.05) is 90.9 Å². The molecule has 6 atom stereocenters. The molecule has 0 aromatic heterocycles. The number of hydrogen-bond donors (Lipinski definition) is 0. The molecule has 0 radical (unpaired) electrons. The third kappa shape index (κ3) is 6.19. The van der Waals surface area contributed by atoms with Gasteiger partial charge in [0.05, 0.1) is 0 Å². The monoisotopic (exact) mass is 509 g/mol. The molecule has 6 unspecified atom stereocenters. The molecule has 0 bridgehead atoms. The molecule has 6 fully saturated rings. The van der Waals surface area contributed by atoms with E-state index in [2.05, 4.69) is 13.8 Å². The minimum Gasteiger partial charge on any atom is -0.0651 e. The largest absolute Gasteiger partial charge is 0.0651 e. The molecular weight excluding hydrogens is 444 g/mol. The summed E-state index contributed by atoms with van der Waals surface area (Å²) in [5.41, 5.74) is 0. The molecule has 0 heteroatoms. The smallest absolute Gasteiger partial charge is 0.0352 e. The van der Waals surface area contributed by atoms with Crippen LogP contribution in [0.3, 0.4) is 0 Å². The number of hydrogen-bond acceptors (Lipinski definition) is 0. The first-order valence-electron chi connectivity index (χ1n) is 18.2. The van der Waals surface area contributed by atoms with Crippen LogP contribution in [-0.4, -0.2) is 0 Å². The van der Waals surface area contributed by atoms with Gasteiger partial charge in [0.2, 0.25) is 0 Å². The van der Waals surface area contributed by atoms with Crippen LogP contribution in [0.25, 0.3) is 0 Å². The summed E-state index contributed by atoms with van der Waals surface area (Å²) < 4.78 is 0. The van der Waals surface area contributed by atoms with E-state index in [1.165, 1.54) is 25.7 Å². The molecule has 0 saturated heterocycles. The lowest BCUT2D eigenvalue weighted by atomic mass is 9.66. The lowest BCUT2D eigenvalue weighted by molar-refractivity contribution is 0.117. The van der Waals surface area contributed by atoms with Crippen LogP contribution in [0.4, 0.5) is 0 Å². The molecule has 0 aromatic rings. The molecule has 6 aliphatic carbocycles. The molecule has 37 heavy (non-hydrogen) atoms. The van der Waals surface area contributed by atoms with E-state index in [0.717, 1.165) is 71.0 Å². The first kappa shape index (κ1) is 27.2. The molecule has 0 aliphatic heterocycles. The Balaban J connectivity index is 1.02. The third-order valence-electron chi connectivity index (χ3n) is 14.6. The Morgan fingerprint density at radius 3 is 1.62 bits per heavy atom. The SMILES string of the molecule is CCC1CCC(C2CC(C3CCCC3)C(C3CCC(C4CCC(C(C)C5CCCCC5)CC4)C3)C2)CC1. The van der Waals surface area contributed by atoms with Crippen molar-refractivity contribution < 1.29 is 0 Å². The Hall–Kier alpha value is 0. The van der Waals surface area contributed by atoms with E-state index in [4.69, 9.17) is 0 Å². The minimum absolute atomic E-state index is 1.02. The van der Waals surface area contributed by atoms with Crippen LogP contribution in [0.1, 0.15) is 162 Å². The molecule has 0 spiro atoms. The van der Waals surface area contributed by atoms with Crippen LogP contribution in [0.2, 0.25) is 0 Å². The molecule has 0 N–H and O–H groups in total. The van der Waals surface area contributed by atoms with Gasteiger partial charge in [-0.15, -0.1) is 0 Å². The molecule has 0 nitrogen and oxygen atoms in total. The van der Waals surface area contributed by atoms with E-state index in [-0.39, 0.29) is 0 Å². The molecular formula is C37H64. The van der Waals surface area contributed by atoms with E-state index in [1.54, 1.807) is 122 Å². The maximum absolute atomic E-state index is 2.65. The van der Waals surface area contributed by atoms with Gasteiger partial charge in [0.1, 0.15) is 0 Å². The van der Waals surface area contributed by atoms with Gasteiger partial charge < -0.3 is 0 Å². The van der Waals surface area contributed by atoms with E-state index >= 15 is 0 Å². The predicted molar refractivity (Wildman–Crippen MR) is 159 cm³/mol. The Bertz CT molecular complexity index is 666. The number of rotatable bonds is 7. The van der Waals surface area contributed by atoms with Crippen LogP contribution in [-0.2, 0) is 0 Å². The normalized spacial score (nSPS) is 45.4. The lowest BCUT2D eigenvalue weighted by Crippen LogP contribution is -2.29. The zero-order chi connectivity index (χ0) is 25.2. The summed E-state index contributed by atoms with van der Waals surface area (Å²) in [6.07, 6.45) is 36.2. The van der Waals surface area contributed by atoms with Crippen molar-refractivity contribution in [2.45, 2.75) is 162 Å². The second kappa shape index (κ2) is 12.7. The van der Waals surface area contributed by atoms with Crippen LogP contribution < -0.4 is 0 Å². The maximum Gasteiger partial charge on any atom is -0.0352 e. The first-order valence-corrected chi connectivity index (χ1v) is 18.2. The summed E-state index contributed by atoms with van der Waals surface area (Å²) in [5.74, 6) is 13.2. The Morgan fingerprint density at radius 1 is 0.432 bits per heavy atom. The highest BCUT2D eigenvalue weighted by molar-refractivity contribution is 4.98. The third-order valence-corrected chi connectivity index (χ3v) is 14.6. The average Bonchev–Trinajstić information content (AvgIpc) is 3.74. The van der Waals surface area contributed by atoms with E-state index < -0.39 is 0 Å². The molecule has 6 saturated carbocycles. The first-order chi connectivity index (χ1) is 18.2. The zero-order valence-electron chi connectivity index (χ0n) is 25.2. The van der Waals surface area contributed by atoms with Crippen molar-refractivity contribution in [3.8, 4) is 0 Å². The van der Waals surface area contributed by atoms with Gasteiger partial charge in [0.15, 0.2) is 0 Å². The van der Waals surface area contributed by atoms with Gasteiger partial charge in [-0.25, -0.2) is 0 Å². The topological polar surface area (TPSA) is 0 Å². The van der Waals surface area contributed by atoms with Crippen molar-refractivity contribution in [1.82, 2.24) is 0 Å². The fourth-order valence-corrected chi connectivity index (χ4v) is 12.1. The van der Waals surface area contributed by atoms with Crippen molar-refractivity contribution in [3.05, 3.63) is 0 Å². The highest BCUT2D eigenvalue weighted by atomic mass is 14.5. The van der Waals surface area contributed by atoms with E-state index in [9.17, 15) is 0 Å². The fraction of sp³-hybridized carbons (Fsp3) is 1.00. The summed E-state index contributed by atoms with van der Waals surface area (Å²) in [5, 5.41) is 0. The minimum atomic E-state index is 1.02. The quantitative estimate of drug-likeness (QED) is 0.321. The van der Waals surface area contributed by atoms with Gasteiger partial charge in [0, 0.05) is 0 Å². The predicted octanol–water partition coefficient (Wildman–Crippen LogP) is 11.5. The van der Waals surface area contributed by atoms with Crippen LogP contribution in [0.15, 0.2) is 0 Å². The second-order valence-electron chi connectivity index (χ2n) is 16.1. The van der Waals surface area contributed by atoms with Gasteiger partial charge in [-0.3, -0.25) is 0 Å². The summed E-state index contributed by atoms with van der Waals surface area (Å²) in [6.45, 7) is 5.09. The molecule has 6 rings (SSSR count). The van der Waals surface area contributed by atoms with Crippen LogP contribution in [0, 0.1) is 71.0 Å². The van der Waals surface area contributed by atoms with Crippen molar-refractivity contribution in [2.75, 3.05) is 0 Å². The van der Waals surface area contributed by atoms with E-state index in [1.807, 2.05) is 0 Å². The standard InChI is InChI=1S/C37H64/c1-3-27-13-15-31(16-14-27)35-24-36(32-11-7-8-12-32)37(25-35)34-22-21-33(23-34)30-19-17-29(18-20-30)26(2)28-9-5-4-6-10-28/h26-37H,3-25H2,1-2H3. The average molecular weight is 509 g/mol. The fourth-order valence-electron chi connectivity index (χ4n) is 12.1. The summed E-state index contributed by atoms with van der Waals surface area (Å²) >= 11 is 0. The van der Waals surface area contributed by atoms with E-state index in [0.29, 0.717) is 0 Å². The van der Waals surface area contributed by atoms with Crippen molar-refractivity contribution in [1.29, 1.82) is 0 Å². The Kier molecular flexibility index (Phi) is 9.31. The lowest BCUT2D eigenvalue weighted by Gasteiger charge is -2.39. The highest BCUT2D eigenvalue weighted by Crippen LogP contribution is 2.57. The summed E-state index contributed by atoms with van der Waals surface area (Å²) in [7, 11) is 0. The van der Waals surface area contributed by atoms with Crippen molar-refractivity contribution >= 4 is 0 Å².